The molecule has 0 atom stereocenters. The van der Waals surface area contributed by atoms with E-state index in [4.69, 9.17) is 0 Å². The van der Waals surface area contributed by atoms with E-state index in [0.29, 0.717) is 0 Å². The summed E-state index contributed by atoms with van der Waals surface area (Å²) in [4.78, 5) is 0. The van der Waals surface area contributed by atoms with Crippen LogP contribution in [0.1, 0.15) is 48.0 Å². The Labute approximate surface area is 150 Å². The van der Waals surface area contributed by atoms with Crippen LogP contribution < -0.4 is 24.8 Å². The number of hydrogen-bond acceptors (Lipinski definition) is 0. The molecule has 0 spiro atoms. The van der Waals surface area contributed by atoms with Gasteiger partial charge in [-0.05, 0) is 0 Å². The Morgan fingerprint density at radius 1 is 1.05 bits per heavy atom. The van der Waals surface area contributed by atoms with Crippen LogP contribution in [0.15, 0.2) is 34.4 Å². The molecule has 19 heavy (non-hydrogen) atoms. The number of halogens is 2. The second-order valence-electron chi connectivity index (χ2n) is 5.09. The van der Waals surface area contributed by atoms with Crippen molar-refractivity contribution in [2.24, 2.45) is 5.41 Å². The van der Waals surface area contributed by atoms with Gasteiger partial charge < -0.3 is 24.8 Å². The van der Waals surface area contributed by atoms with E-state index in [2.05, 4.69) is 65.8 Å². The molecule has 2 rings (SSSR count). The van der Waals surface area contributed by atoms with Crippen LogP contribution in [0, 0.1) is 17.6 Å². The SMILES string of the molecule is CC1=[C-]C(C)(C)C(C)=C1C.CC1=[C-]CC=C1.[Cl-].[Cl-].[Zr+2]. The summed E-state index contributed by atoms with van der Waals surface area (Å²) in [5.74, 6) is 0. The quantitative estimate of drug-likeness (QED) is 0.467. The molecule has 0 aliphatic heterocycles. The molecule has 0 aromatic carbocycles. The van der Waals surface area contributed by atoms with Crippen molar-refractivity contribution in [1.29, 1.82) is 0 Å². The molecule has 0 unspecified atom stereocenters. The van der Waals surface area contributed by atoms with Crippen LogP contribution in [-0.4, -0.2) is 0 Å². The monoisotopic (exact) mass is 374 g/mol. The molecular formula is C16H22Cl2Zr-2. The average molecular weight is 376 g/mol. The standard InChI is InChI=1S/C10H15.C6H7.2ClH.Zr/c1-7-6-10(4,5)9(3)8(7)2;1-6-4-2-3-5-6;;;/h1-5H3;2,4H,3H2,1H3;2*1H;/q2*-1;;;+2/p-2. The van der Waals surface area contributed by atoms with Gasteiger partial charge in [0.15, 0.2) is 0 Å². The number of allylic oxidation sites excluding steroid dienone is 8. The maximum absolute atomic E-state index is 3.44. The van der Waals surface area contributed by atoms with E-state index in [0.717, 1.165) is 6.42 Å². The van der Waals surface area contributed by atoms with E-state index in [1.54, 1.807) is 0 Å². The average Bonchev–Trinajstić information content (AvgIpc) is 2.72. The van der Waals surface area contributed by atoms with Crippen molar-refractivity contribution in [3.8, 4) is 0 Å². The third-order valence-corrected chi connectivity index (χ3v) is 3.43. The first-order chi connectivity index (χ1) is 7.34. The zero-order valence-electron chi connectivity index (χ0n) is 12.6. The molecule has 0 heterocycles. The van der Waals surface area contributed by atoms with Gasteiger partial charge in [-0.25, -0.2) is 17.2 Å². The molecular weight excluding hydrogens is 354 g/mol. The van der Waals surface area contributed by atoms with Gasteiger partial charge in [-0.3, -0.25) is 12.2 Å². The molecule has 0 saturated carbocycles. The third-order valence-electron chi connectivity index (χ3n) is 3.43. The van der Waals surface area contributed by atoms with Gasteiger partial charge in [-0.15, -0.1) is 13.3 Å². The fourth-order valence-corrected chi connectivity index (χ4v) is 1.92. The van der Waals surface area contributed by atoms with E-state index in [1.807, 2.05) is 0 Å². The smallest absolute Gasteiger partial charge is 1.00 e. The molecule has 0 radical (unpaired) electrons. The van der Waals surface area contributed by atoms with Crippen LogP contribution in [0.5, 0.6) is 0 Å². The van der Waals surface area contributed by atoms with Crippen molar-refractivity contribution < 1.29 is 51.0 Å². The van der Waals surface area contributed by atoms with Gasteiger partial charge in [0.25, 0.3) is 0 Å². The molecule has 2 aliphatic rings. The molecule has 0 N–H and O–H groups in total. The number of hydrogen-bond donors (Lipinski definition) is 0. The van der Waals surface area contributed by atoms with E-state index in [1.165, 1.54) is 22.3 Å². The minimum Gasteiger partial charge on any atom is -1.00 e. The summed E-state index contributed by atoms with van der Waals surface area (Å²) < 4.78 is 0. The van der Waals surface area contributed by atoms with Crippen molar-refractivity contribution in [2.45, 2.75) is 48.0 Å². The maximum atomic E-state index is 3.44. The molecule has 0 aromatic rings. The summed E-state index contributed by atoms with van der Waals surface area (Å²) in [6, 6.07) is 0. The molecule has 3 heteroatoms. The Hall–Kier alpha value is 0.423. The van der Waals surface area contributed by atoms with Crippen LogP contribution in [0.25, 0.3) is 0 Å². The molecule has 0 amide bonds. The summed E-state index contributed by atoms with van der Waals surface area (Å²) in [5, 5.41) is 0. The summed E-state index contributed by atoms with van der Waals surface area (Å²) in [6.07, 6.45) is 11.8. The van der Waals surface area contributed by atoms with Gasteiger partial charge >= 0.3 is 26.2 Å². The molecule has 0 nitrogen and oxygen atoms in total. The first-order valence-electron chi connectivity index (χ1n) is 5.88. The molecule has 2 aliphatic carbocycles. The Morgan fingerprint density at radius 2 is 1.58 bits per heavy atom. The Kier molecular flexibility index (Phi) is 13.1. The number of rotatable bonds is 0. The van der Waals surface area contributed by atoms with Crippen LogP contribution in [-0.2, 0) is 26.2 Å². The van der Waals surface area contributed by atoms with Gasteiger partial charge in [0, 0.05) is 0 Å². The molecule has 106 valence electrons. The fraction of sp³-hybridized carbons (Fsp3) is 0.500. The largest absolute Gasteiger partial charge is 2.00 e. The van der Waals surface area contributed by atoms with E-state index in [9.17, 15) is 0 Å². The second kappa shape index (κ2) is 10.2. The summed E-state index contributed by atoms with van der Waals surface area (Å²) >= 11 is 0. The van der Waals surface area contributed by atoms with Crippen LogP contribution in [0.4, 0.5) is 0 Å². The first-order valence-corrected chi connectivity index (χ1v) is 5.88. The molecule has 0 bridgehead atoms. The van der Waals surface area contributed by atoms with Crippen molar-refractivity contribution >= 4 is 0 Å². The Balaban J connectivity index is -0.000000252. The maximum Gasteiger partial charge on any atom is 2.00 e. The van der Waals surface area contributed by atoms with Gasteiger partial charge in [-0.2, -0.15) is 17.2 Å². The normalized spacial score (nSPS) is 18.2. The summed E-state index contributed by atoms with van der Waals surface area (Å²) in [5.41, 5.74) is 5.67. The molecule has 0 aromatic heterocycles. The van der Waals surface area contributed by atoms with Crippen molar-refractivity contribution in [1.82, 2.24) is 0 Å². The van der Waals surface area contributed by atoms with Gasteiger partial charge in [0.2, 0.25) is 0 Å². The minimum atomic E-state index is 0. The predicted octanol–water partition coefficient (Wildman–Crippen LogP) is -1.19. The van der Waals surface area contributed by atoms with E-state index >= 15 is 0 Å². The topological polar surface area (TPSA) is 0 Å². The zero-order valence-corrected chi connectivity index (χ0v) is 16.6. The van der Waals surface area contributed by atoms with Crippen molar-refractivity contribution in [3.05, 3.63) is 46.6 Å². The fourth-order valence-electron chi connectivity index (χ4n) is 1.92. The van der Waals surface area contributed by atoms with Gasteiger partial charge in [0.05, 0.1) is 0 Å². The molecule has 0 fully saturated rings. The summed E-state index contributed by atoms with van der Waals surface area (Å²) in [7, 11) is 0. The predicted molar refractivity (Wildman–Crippen MR) is 70.8 cm³/mol. The van der Waals surface area contributed by atoms with E-state index in [-0.39, 0.29) is 56.4 Å². The van der Waals surface area contributed by atoms with Gasteiger partial charge in [0.1, 0.15) is 0 Å². The molecule has 0 saturated heterocycles. The second-order valence-corrected chi connectivity index (χ2v) is 5.09. The van der Waals surface area contributed by atoms with E-state index < -0.39 is 0 Å². The Bertz CT molecular complexity index is 396. The minimum absolute atomic E-state index is 0. The van der Waals surface area contributed by atoms with Crippen LogP contribution in [0.2, 0.25) is 0 Å². The zero-order chi connectivity index (χ0) is 12.3. The summed E-state index contributed by atoms with van der Waals surface area (Å²) in [6.45, 7) is 13.0. The van der Waals surface area contributed by atoms with Crippen LogP contribution >= 0.6 is 0 Å². The Morgan fingerprint density at radius 3 is 1.68 bits per heavy atom. The van der Waals surface area contributed by atoms with Crippen molar-refractivity contribution in [3.63, 3.8) is 0 Å². The van der Waals surface area contributed by atoms with Crippen LogP contribution in [0.3, 0.4) is 0 Å². The first kappa shape index (κ1) is 24.4. The van der Waals surface area contributed by atoms with Gasteiger partial charge in [-0.1, -0.05) is 40.0 Å². The van der Waals surface area contributed by atoms with Crippen molar-refractivity contribution in [2.75, 3.05) is 0 Å². The third kappa shape index (κ3) is 7.12.